The third-order valence-electron chi connectivity index (χ3n) is 2.91. The highest BCUT2D eigenvalue weighted by atomic mass is 35.5. The van der Waals surface area contributed by atoms with Crippen molar-refractivity contribution in [2.75, 3.05) is 19.0 Å². The minimum Gasteiger partial charge on any atom is -0.380 e. The lowest BCUT2D eigenvalue weighted by molar-refractivity contribution is 0.142. The Kier molecular flexibility index (Phi) is 5.06. The largest absolute Gasteiger partial charge is 0.380 e. The fraction of sp³-hybridized carbons (Fsp3) is 0.667. The number of thiophene rings is 1. The van der Waals surface area contributed by atoms with Gasteiger partial charge in [-0.25, -0.2) is 8.42 Å². The molecule has 1 aliphatic rings. The van der Waals surface area contributed by atoms with E-state index in [1.54, 1.807) is 11.4 Å². The van der Waals surface area contributed by atoms with Crippen molar-refractivity contribution in [3.8, 4) is 0 Å². The Bertz CT molecular complexity index is 477. The first-order valence-corrected chi connectivity index (χ1v) is 9.14. The molecule has 1 fully saturated rings. The summed E-state index contributed by atoms with van der Waals surface area (Å²) in [5.74, 6) is 0.974. The fourth-order valence-corrected chi connectivity index (χ4v) is 3.90. The van der Waals surface area contributed by atoms with Crippen LogP contribution >= 0.6 is 22.9 Å². The van der Waals surface area contributed by atoms with Crippen molar-refractivity contribution in [3.63, 3.8) is 0 Å². The molecule has 0 bridgehead atoms. The molecule has 1 aromatic heterocycles. The molecule has 0 aromatic carbocycles. The highest BCUT2D eigenvalue weighted by Crippen LogP contribution is 2.32. The lowest BCUT2D eigenvalue weighted by atomic mass is 10.3. The predicted molar refractivity (Wildman–Crippen MR) is 75.0 cm³/mol. The topological polar surface area (TPSA) is 43.4 Å². The quantitative estimate of drug-likeness (QED) is 0.693. The highest BCUT2D eigenvalue weighted by molar-refractivity contribution is 7.90. The van der Waals surface area contributed by atoms with Gasteiger partial charge < -0.3 is 4.74 Å². The van der Waals surface area contributed by atoms with E-state index < -0.39 is 9.84 Å². The van der Waals surface area contributed by atoms with Crippen LogP contribution in [0.2, 0.25) is 4.34 Å². The van der Waals surface area contributed by atoms with Crippen LogP contribution in [0.3, 0.4) is 0 Å². The van der Waals surface area contributed by atoms with Gasteiger partial charge >= 0.3 is 0 Å². The summed E-state index contributed by atoms with van der Waals surface area (Å²) in [5.41, 5.74) is 0.767. The first-order valence-electron chi connectivity index (χ1n) is 6.06. The van der Waals surface area contributed by atoms with Gasteiger partial charge in [0, 0.05) is 6.61 Å². The van der Waals surface area contributed by atoms with Gasteiger partial charge in [0.15, 0.2) is 9.84 Å². The van der Waals surface area contributed by atoms with Crippen LogP contribution in [0.5, 0.6) is 0 Å². The van der Waals surface area contributed by atoms with Gasteiger partial charge in [-0.1, -0.05) is 24.4 Å². The second-order valence-electron chi connectivity index (χ2n) is 4.70. The van der Waals surface area contributed by atoms with Gasteiger partial charge in [0.1, 0.15) is 0 Å². The van der Waals surface area contributed by atoms with Crippen molar-refractivity contribution >= 4 is 32.8 Å². The molecule has 102 valence electrons. The second kappa shape index (κ2) is 6.37. The van der Waals surface area contributed by atoms with Gasteiger partial charge in [0.2, 0.25) is 0 Å². The molecular weight excluding hydrogens is 292 g/mol. The Hall–Kier alpha value is -0.100. The molecule has 2 rings (SSSR count). The molecule has 0 spiro atoms. The normalized spacial score (nSPS) is 16.1. The van der Waals surface area contributed by atoms with E-state index in [0.29, 0.717) is 17.6 Å². The van der Waals surface area contributed by atoms with Gasteiger partial charge in [0.05, 0.1) is 22.4 Å². The van der Waals surface area contributed by atoms with Crippen molar-refractivity contribution in [3.05, 3.63) is 21.3 Å². The molecule has 1 aliphatic carbocycles. The van der Waals surface area contributed by atoms with Crippen LogP contribution in [0.1, 0.15) is 24.8 Å². The minimum absolute atomic E-state index is 0.0577. The van der Waals surface area contributed by atoms with E-state index >= 15 is 0 Å². The molecule has 1 aromatic rings. The smallest absolute Gasteiger partial charge is 0.156 e. The lowest BCUT2D eigenvalue weighted by Gasteiger charge is -2.04. The summed E-state index contributed by atoms with van der Waals surface area (Å²) in [4.78, 5) is 0. The standard InChI is InChI=1S/C12H17ClO3S2/c13-12-7-11(8-17-12)9-18(14,15)6-5-16-4-3-10-1-2-10/h7-8,10H,1-6,9H2. The summed E-state index contributed by atoms with van der Waals surface area (Å²) >= 11 is 7.13. The number of hydrogen-bond donors (Lipinski definition) is 0. The number of ether oxygens (including phenoxy) is 1. The number of sulfone groups is 1. The van der Waals surface area contributed by atoms with Crippen LogP contribution in [-0.4, -0.2) is 27.4 Å². The van der Waals surface area contributed by atoms with Crippen LogP contribution in [-0.2, 0) is 20.3 Å². The SMILES string of the molecule is O=S(=O)(CCOCCC1CC1)Cc1csc(Cl)c1. The van der Waals surface area contributed by atoms with Gasteiger partial charge in [-0.05, 0) is 29.3 Å². The average molecular weight is 309 g/mol. The van der Waals surface area contributed by atoms with E-state index in [1.807, 2.05) is 0 Å². The Labute approximate surface area is 117 Å². The van der Waals surface area contributed by atoms with Crippen molar-refractivity contribution in [2.45, 2.75) is 25.0 Å². The second-order valence-corrected chi connectivity index (χ2v) is 8.42. The van der Waals surface area contributed by atoms with Crippen molar-refractivity contribution in [2.24, 2.45) is 5.92 Å². The maximum Gasteiger partial charge on any atom is 0.156 e. The zero-order valence-corrected chi connectivity index (χ0v) is 12.5. The molecule has 0 amide bonds. The van der Waals surface area contributed by atoms with Crippen LogP contribution in [0.4, 0.5) is 0 Å². The molecule has 1 heterocycles. The Balaban J connectivity index is 1.66. The summed E-state index contributed by atoms with van der Waals surface area (Å²) in [6.45, 7) is 0.984. The summed E-state index contributed by atoms with van der Waals surface area (Å²) in [6.07, 6.45) is 3.68. The van der Waals surface area contributed by atoms with E-state index in [4.69, 9.17) is 16.3 Å². The van der Waals surface area contributed by atoms with Crippen LogP contribution in [0.15, 0.2) is 11.4 Å². The minimum atomic E-state index is -3.08. The fourth-order valence-electron chi connectivity index (χ4n) is 1.69. The molecule has 0 N–H and O–H groups in total. The highest BCUT2D eigenvalue weighted by Gasteiger charge is 2.20. The molecule has 18 heavy (non-hydrogen) atoms. The van der Waals surface area contributed by atoms with Gasteiger partial charge in [-0.2, -0.15) is 0 Å². The molecule has 0 aliphatic heterocycles. The zero-order chi connectivity index (χ0) is 13.0. The predicted octanol–water partition coefficient (Wildman–Crippen LogP) is 3.13. The third kappa shape index (κ3) is 5.26. The maximum absolute atomic E-state index is 11.8. The monoisotopic (exact) mass is 308 g/mol. The molecule has 0 radical (unpaired) electrons. The van der Waals surface area contributed by atoms with Crippen molar-refractivity contribution < 1.29 is 13.2 Å². The lowest BCUT2D eigenvalue weighted by Crippen LogP contribution is -2.14. The van der Waals surface area contributed by atoms with Crippen molar-refractivity contribution in [1.82, 2.24) is 0 Å². The van der Waals surface area contributed by atoms with Gasteiger partial charge in [-0.15, -0.1) is 11.3 Å². The van der Waals surface area contributed by atoms with E-state index in [0.717, 1.165) is 17.9 Å². The number of halogens is 1. The maximum atomic E-state index is 11.8. The van der Waals surface area contributed by atoms with E-state index in [-0.39, 0.29) is 11.5 Å². The van der Waals surface area contributed by atoms with E-state index in [2.05, 4.69) is 0 Å². The van der Waals surface area contributed by atoms with Crippen molar-refractivity contribution in [1.29, 1.82) is 0 Å². The van der Waals surface area contributed by atoms with Crippen LogP contribution in [0, 0.1) is 5.92 Å². The summed E-state index contributed by atoms with van der Waals surface area (Å²) in [5, 5.41) is 1.79. The summed E-state index contributed by atoms with van der Waals surface area (Å²) < 4.78 is 29.6. The van der Waals surface area contributed by atoms with Gasteiger partial charge in [-0.3, -0.25) is 0 Å². The van der Waals surface area contributed by atoms with E-state index in [1.165, 1.54) is 24.2 Å². The molecular formula is C12H17ClO3S2. The number of rotatable bonds is 8. The Morgan fingerprint density at radius 3 is 2.78 bits per heavy atom. The summed E-state index contributed by atoms with van der Waals surface area (Å²) in [7, 11) is -3.08. The number of hydrogen-bond acceptors (Lipinski definition) is 4. The molecule has 1 saturated carbocycles. The first-order chi connectivity index (χ1) is 8.55. The first kappa shape index (κ1) is 14.3. The Morgan fingerprint density at radius 2 is 2.17 bits per heavy atom. The molecule has 6 heteroatoms. The molecule has 3 nitrogen and oxygen atoms in total. The van der Waals surface area contributed by atoms with Gasteiger partial charge in [0.25, 0.3) is 0 Å². The molecule has 0 atom stereocenters. The zero-order valence-electron chi connectivity index (χ0n) is 10.1. The van der Waals surface area contributed by atoms with Crippen LogP contribution < -0.4 is 0 Å². The average Bonchev–Trinajstić information content (AvgIpc) is 3.02. The van der Waals surface area contributed by atoms with Crippen LogP contribution in [0.25, 0.3) is 0 Å². The molecule has 0 saturated heterocycles. The summed E-state index contributed by atoms with van der Waals surface area (Å²) in [6, 6.07) is 1.71. The Morgan fingerprint density at radius 1 is 1.39 bits per heavy atom. The molecule has 0 unspecified atom stereocenters. The third-order valence-corrected chi connectivity index (χ3v) is 5.62. The van der Waals surface area contributed by atoms with E-state index in [9.17, 15) is 8.42 Å².